The van der Waals surface area contributed by atoms with E-state index in [9.17, 15) is 4.79 Å². The molecular weight excluding hydrogens is 460 g/mol. The first-order valence-electron chi connectivity index (χ1n) is 12.5. The van der Waals surface area contributed by atoms with Crippen LogP contribution in [0.2, 0.25) is 0 Å². The van der Waals surface area contributed by atoms with Crippen molar-refractivity contribution in [1.82, 2.24) is 4.90 Å². The number of carbonyl (C=O) groups excluding carboxylic acids is 1. The molecular formula is C32H30N2O3. The number of benzene rings is 4. The standard InChI is InChI=1S/C32H30N2O3/c1-3-37-31(35)32(27-17-11-6-12-18-27)29(25-19-21-28(36-2)22-20-25)34(23-24-13-7-4-8-14-24)30(33-32)26-15-9-5-10-16-26/h4-22,29H,3,23H2,1-2H3/t29-,32-/m1/s1. The Morgan fingerprint density at radius 2 is 1.43 bits per heavy atom. The van der Waals surface area contributed by atoms with Gasteiger partial charge < -0.3 is 14.4 Å². The summed E-state index contributed by atoms with van der Waals surface area (Å²) in [6, 6.07) is 37.5. The lowest BCUT2D eigenvalue weighted by Crippen LogP contribution is -2.44. The molecule has 0 aliphatic carbocycles. The largest absolute Gasteiger partial charge is 0.497 e. The summed E-state index contributed by atoms with van der Waals surface area (Å²) in [5, 5.41) is 0. The molecule has 1 aliphatic heterocycles. The van der Waals surface area contributed by atoms with E-state index in [0.717, 1.165) is 33.8 Å². The molecule has 0 spiro atoms. The van der Waals surface area contributed by atoms with Crippen LogP contribution in [0, 0.1) is 0 Å². The molecule has 2 atom stereocenters. The smallest absolute Gasteiger partial charge is 0.341 e. The molecule has 0 amide bonds. The van der Waals surface area contributed by atoms with Gasteiger partial charge in [0, 0.05) is 12.1 Å². The van der Waals surface area contributed by atoms with Crippen molar-refractivity contribution in [1.29, 1.82) is 0 Å². The van der Waals surface area contributed by atoms with Crippen LogP contribution in [-0.2, 0) is 21.6 Å². The molecule has 0 radical (unpaired) electrons. The molecule has 37 heavy (non-hydrogen) atoms. The number of ether oxygens (including phenoxy) is 2. The van der Waals surface area contributed by atoms with Gasteiger partial charge in [-0.15, -0.1) is 0 Å². The highest BCUT2D eigenvalue weighted by Crippen LogP contribution is 2.50. The van der Waals surface area contributed by atoms with Crippen LogP contribution in [-0.4, -0.2) is 30.4 Å². The van der Waals surface area contributed by atoms with Gasteiger partial charge in [-0.3, -0.25) is 0 Å². The summed E-state index contributed by atoms with van der Waals surface area (Å²) >= 11 is 0. The Labute approximate surface area is 218 Å². The molecule has 0 bridgehead atoms. The molecule has 0 N–H and O–H groups in total. The summed E-state index contributed by atoms with van der Waals surface area (Å²) in [5.41, 5.74) is 2.50. The Morgan fingerprint density at radius 3 is 2.03 bits per heavy atom. The van der Waals surface area contributed by atoms with E-state index in [-0.39, 0.29) is 12.6 Å². The number of esters is 1. The van der Waals surface area contributed by atoms with Crippen LogP contribution in [0.15, 0.2) is 120 Å². The average molecular weight is 491 g/mol. The molecule has 1 aliphatic rings. The summed E-state index contributed by atoms with van der Waals surface area (Å²) in [6.45, 7) is 2.66. The number of hydrogen-bond donors (Lipinski definition) is 0. The van der Waals surface area contributed by atoms with Gasteiger partial charge in [0.05, 0.1) is 19.8 Å². The minimum Gasteiger partial charge on any atom is -0.497 e. The Balaban J connectivity index is 1.79. The molecule has 5 rings (SSSR count). The Morgan fingerprint density at radius 1 is 0.838 bits per heavy atom. The van der Waals surface area contributed by atoms with Crippen molar-refractivity contribution in [2.24, 2.45) is 4.99 Å². The highest BCUT2D eigenvalue weighted by molar-refractivity contribution is 6.04. The second-order valence-corrected chi connectivity index (χ2v) is 8.94. The topological polar surface area (TPSA) is 51.1 Å². The van der Waals surface area contributed by atoms with Crippen molar-refractivity contribution < 1.29 is 14.3 Å². The van der Waals surface area contributed by atoms with Gasteiger partial charge in [0.2, 0.25) is 5.54 Å². The van der Waals surface area contributed by atoms with Gasteiger partial charge in [0.1, 0.15) is 11.6 Å². The van der Waals surface area contributed by atoms with Crippen LogP contribution in [0.5, 0.6) is 5.75 Å². The lowest BCUT2D eigenvalue weighted by molar-refractivity contribution is -0.151. The third-order valence-corrected chi connectivity index (χ3v) is 6.72. The Kier molecular flexibility index (Phi) is 7.04. The number of rotatable bonds is 8. The molecule has 5 heteroatoms. The third kappa shape index (κ3) is 4.60. The van der Waals surface area contributed by atoms with Crippen molar-refractivity contribution in [3.63, 3.8) is 0 Å². The summed E-state index contributed by atoms with van der Waals surface area (Å²) < 4.78 is 11.2. The maximum Gasteiger partial charge on any atom is 0.341 e. The van der Waals surface area contributed by atoms with Gasteiger partial charge >= 0.3 is 5.97 Å². The second kappa shape index (κ2) is 10.7. The molecule has 0 fully saturated rings. The first kappa shape index (κ1) is 24.3. The minimum atomic E-state index is -1.30. The zero-order valence-electron chi connectivity index (χ0n) is 21.1. The third-order valence-electron chi connectivity index (χ3n) is 6.72. The fraction of sp³-hybridized carbons (Fsp3) is 0.188. The lowest BCUT2D eigenvalue weighted by atomic mass is 9.79. The number of nitrogens with zero attached hydrogens (tertiary/aromatic N) is 2. The SMILES string of the molecule is CCOC(=O)[C@]1(c2ccccc2)N=C(c2ccccc2)N(Cc2ccccc2)[C@@H]1c1ccc(OC)cc1. The number of carbonyl (C=O) groups is 1. The average Bonchev–Trinajstić information content (AvgIpc) is 3.30. The first-order chi connectivity index (χ1) is 18.2. The molecule has 0 saturated heterocycles. The zero-order chi connectivity index (χ0) is 25.7. The maximum absolute atomic E-state index is 14.1. The lowest BCUT2D eigenvalue weighted by Gasteiger charge is -2.37. The molecule has 0 saturated carbocycles. The van der Waals surface area contributed by atoms with Gasteiger partial charge in [-0.2, -0.15) is 0 Å². The Hall–Kier alpha value is -4.38. The van der Waals surface area contributed by atoms with Crippen molar-refractivity contribution in [3.8, 4) is 5.75 Å². The van der Waals surface area contributed by atoms with Gasteiger partial charge in [0.15, 0.2) is 0 Å². The van der Waals surface area contributed by atoms with Crippen molar-refractivity contribution in [2.75, 3.05) is 13.7 Å². The molecule has 1 heterocycles. The molecule has 0 unspecified atom stereocenters. The van der Waals surface area contributed by atoms with Crippen molar-refractivity contribution >= 4 is 11.8 Å². The van der Waals surface area contributed by atoms with Crippen molar-refractivity contribution in [3.05, 3.63) is 138 Å². The van der Waals surface area contributed by atoms with E-state index >= 15 is 0 Å². The quantitative estimate of drug-likeness (QED) is 0.278. The summed E-state index contributed by atoms with van der Waals surface area (Å²) in [5.74, 6) is 1.13. The fourth-order valence-electron chi connectivity index (χ4n) is 5.04. The molecule has 4 aromatic rings. The van der Waals surface area contributed by atoms with E-state index in [2.05, 4.69) is 17.0 Å². The molecule has 186 valence electrons. The van der Waals surface area contributed by atoms with Gasteiger partial charge in [0.25, 0.3) is 0 Å². The molecule has 4 aromatic carbocycles. The number of aliphatic imine (C=N–C) groups is 1. The second-order valence-electron chi connectivity index (χ2n) is 8.94. The van der Waals surface area contributed by atoms with E-state index in [1.807, 2.05) is 110 Å². The monoisotopic (exact) mass is 490 g/mol. The molecule has 0 aromatic heterocycles. The van der Waals surface area contributed by atoms with Gasteiger partial charge in [-0.25, -0.2) is 9.79 Å². The van der Waals surface area contributed by atoms with Crippen LogP contribution in [0.1, 0.15) is 35.2 Å². The fourth-order valence-corrected chi connectivity index (χ4v) is 5.04. The van der Waals surface area contributed by atoms with E-state index in [1.165, 1.54) is 0 Å². The maximum atomic E-state index is 14.1. The van der Waals surface area contributed by atoms with E-state index < -0.39 is 11.6 Å². The highest BCUT2D eigenvalue weighted by atomic mass is 16.5. The number of amidine groups is 1. The normalized spacial score (nSPS) is 18.8. The zero-order valence-corrected chi connectivity index (χ0v) is 21.1. The van der Waals surface area contributed by atoms with Crippen molar-refractivity contribution in [2.45, 2.75) is 25.0 Å². The Bertz CT molecular complexity index is 1360. The van der Waals surface area contributed by atoms with E-state index in [0.29, 0.717) is 6.54 Å². The number of methoxy groups -OCH3 is 1. The summed E-state index contributed by atoms with van der Waals surface area (Å²) in [4.78, 5) is 21.6. The van der Waals surface area contributed by atoms with Crippen LogP contribution < -0.4 is 4.74 Å². The minimum absolute atomic E-state index is 0.262. The number of hydrogen-bond acceptors (Lipinski definition) is 5. The van der Waals surface area contributed by atoms with Crippen LogP contribution >= 0.6 is 0 Å². The van der Waals surface area contributed by atoms with E-state index in [1.54, 1.807) is 7.11 Å². The predicted molar refractivity (Wildman–Crippen MR) is 145 cm³/mol. The molecule has 5 nitrogen and oxygen atoms in total. The summed E-state index contributed by atoms with van der Waals surface area (Å²) in [7, 11) is 1.65. The summed E-state index contributed by atoms with van der Waals surface area (Å²) in [6.07, 6.45) is 0. The van der Waals surface area contributed by atoms with Gasteiger partial charge in [-0.05, 0) is 35.7 Å². The van der Waals surface area contributed by atoms with Crippen LogP contribution in [0.25, 0.3) is 0 Å². The van der Waals surface area contributed by atoms with Gasteiger partial charge in [-0.1, -0.05) is 103 Å². The predicted octanol–water partition coefficient (Wildman–Crippen LogP) is 6.16. The van der Waals surface area contributed by atoms with Crippen LogP contribution in [0.4, 0.5) is 0 Å². The van der Waals surface area contributed by atoms with Crippen LogP contribution in [0.3, 0.4) is 0 Å². The first-order valence-corrected chi connectivity index (χ1v) is 12.5. The highest BCUT2D eigenvalue weighted by Gasteiger charge is 2.57. The van der Waals surface area contributed by atoms with E-state index in [4.69, 9.17) is 14.5 Å².